The van der Waals surface area contributed by atoms with E-state index in [1.54, 1.807) is 18.9 Å². The van der Waals surface area contributed by atoms with E-state index in [4.69, 9.17) is 15.2 Å². The molecule has 0 aliphatic carbocycles. The van der Waals surface area contributed by atoms with E-state index >= 15 is 4.39 Å². The van der Waals surface area contributed by atoms with Crippen molar-refractivity contribution in [1.82, 2.24) is 25.2 Å². The van der Waals surface area contributed by atoms with E-state index in [-0.39, 0.29) is 35.7 Å². The first-order valence-corrected chi connectivity index (χ1v) is 14.6. The van der Waals surface area contributed by atoms with Crippen LogP contribution in [0.5, 0.6) is 11.9 Å². The summed E-state index contributed by atoms with van der Waals surface area (Å²) in [6, 6.07) is 0.00327. The summed E-state index contributed by atoms with van der Waals surface area (Å²) >= 11 is 0. The molecule has 3 atom stereocenters. The van der Waals surface area contributed by atoms with Crippen molar-refractivity contribution in [3.8, 4) is 23.1 Å². The number of hydrogen-bond acceptors (Lipinski definition) is 9. The number of aromatic nitrogens is 3. The molecule has 45 heavy (non-hydrogen) atoms. The molecule has 0 amide bonds. The quantitative estimate of drug-likeness (QED) is 0.286. The topological polar surface area (TPSA) is 102 Å². The molecule has 0 spiro atoms. The van der Waals surface area contributed by atoms with Crippen LogP contribution in [-0.2, 0) is 6.18 Å². The predicted molar refractivity (Wildman–Crippen MR) is 152 cm³/mol. The average molecular weight is 644 g/mol. The molecule has 3 aliphatic rings. The maximum atomic E-state index is 16.6. The number of pyridine rings is 1. The van der Waals surface area contributed by atoms with Crippen molar-refractivity contribution < 1.29 is 40.2 Å². The number of halogens is 7. The highest BCUT2D eigenvalue weighted by atomic mass is 19.4. The first kappa shape index (κ1) is 31.3. The van der Waals surface area contributed by atoms with Gasteiger partial charge in [0, 0.05) is 31.6 Å². The van der Waals surface area contributed by atoms with Gasteiger partial charge in [-0.1, -0.05) is 0 Å². The van der Waals surface area contributed by atoms with Crippen molar-refractivity contribution in [3.05, 3.63) is 28.8 Å². The molecule has 6 rings (SSSR count). The summed E-state index contributed by atoms with van der Waals surface area (Å²) in [5.41, 5.74) is -0.244. The first-order chi connectivity index (χ1) is 21.2. The number of alkyl halides is 5. The zero-order valence-electron chi connectivity index (χ0n) is 24.7. The Balaban J connectivity index is 1.57. The molecule has 2 saturated heterocycles. The van der Waals surface area contributed by atoms with Crippen LogP contribution in [0.25, 0.3) is 22.2 Å². The van der Waals surface area contributed by atoms with Gasteiger partial charge in [0.05, 0.1) is 22.8 Å². The third-order valence-corrected chi connectivity index (χ3v) is 9.12. The second kappa shape index (κ2) is 11.3. The number of likely N-dealkylation sites (N-methyl/N-ethyl adjacent to an activating group) is 1. The third-order valence-electron chi connectivity index (χ3n) is 9.12. The molecule has 3 aromatic rings. The number of nitrogens with zero attached hydrogens (tertiary/aromatic N) is 5. The smallest absolute Gasteiger partial charge is 0.417 e. The molecule has 2 aromatic heterocycles. The highest BCUT2D eigenvalue weighted by Crippen LogP contribution is 2.46. The first-order valence-electron chi connectivity index (χ1n) is 14.6. The Morgan fingerprint density at radius 2 is 1.93 bits per heavy atom. The van der Waals surface area contributed by atoms with Gasteiger partial charge in [-0.2, -0.15) is 23.1 Å². The highest BCUT2D eigenvalue weighted by molar-refractivity contribution is 5.97. The number of piperazine rings is 1. The van der Waals surface area contributed by atoms with E-state index in [1.807, 2.05) is 4.90 Å². The maximum absolute atomic E-state index is 16.6. The molecule has 9 nitrogen and oxygen atoms in total. The Morgan fingerprint density at radius 3 is 2.60 bits per heavy atom. The van der Waals surface area contributed by atoms with Crippen LogP contribution in [0.3, 0.4) is 0 Å². The lowest BCUT2D eigenvalue weighted by Crippen LogP contribution is -2.56. The molecule has 3 N–H and O–H groups in total. The fourth-order valence-corrected chi connectivity index (χ4v) is 6.73. The van der Waals surface area contributed by atoms with E-state index in [1.165, 1.54) is 0 Å². The molecule has 0 unspecified atom stereocenters. The summed E-state index contributed by atoms with van der Waals surface area (Å²) in [5.74, 6) is -2.58. The summed E-state index contributed by atoms with van der Waals surface area (Å²) in [6.07, 6.45) is -7.66. The number of fused-ring (bicyclic) bond motifs is 2. The van der Waals surface area contributed by atoms with Gasteiger partial charge in [0.2, 0.25) is 12.3 Å². The van der Waals surface area contributed by atoms with Gasteiger partial charge in [-0.3, -0.25) is 4.90 Å². The number of nitrogens with one attached hydrogen (secondary N) is 1. The van der Waals surface area contributed by atoms with Crippen LogP contribution in [0, 0.1) is 18.6 Å². The van der Waals surface area contributed by atoms with Gasteiger partial charge in [0.1, 0.15) is 40.9 Å². The van der Waals surface area contributed by atoms with Crippen LogP contribution in [0.2, 0.25) is 0 Å². The van der Waals surface area contributed by atoms with Crippen molar-refractivity contribution in [2.45, 2.75) is 63.4 Å². The zero-order valence-corrected chi connectivity index (χ0v) is 24.7. The SMILES string of the molecule is Cc1c(F)c(N)cc(-c2nc3c4c(nc(OC[C@]5(CC(F)F)CCCN5C)nc4c2F)N2CCNC[C@H]2[C@H](C)O3)c1C(F)(F)F. The van der Waals surface area contributed by atoms with Gasteiger partial charge in [-0.25, -0.2) is 22.5 Å². The standard InChI is InChI=1S/C29H32F7N7O2/c1-13-20(29(34,35)36)15(9-16(37)21(13)32)23-22(33)24-19-25(43-8-6-38-11-17(43)14(2)45-26(19)39-23)41-27(40-24)44-12-28(10-18(30)31)5-4-7-42(28)3/h9,14,17-18,38H,4-8,10-12,37H2,1-3H3/t14-,17-,28+/m0/s1. The minimum absolute atomic E-state index is 0.0143. The van der Waals surface area contributed by atoms with Crippen molar-refractivity contribution >= 4 is 22.4 Å². The van der Waals surface area contributed by atoms with Gasteiger partial charge < -0.3 is 25.4 Å². The van der Waals surface area contributed by atoms with Crippen LogP contribution in [-0.4, -0.2) is 83.8 Å². The zero-order chi connectivity index (χ0) is 32.4. The number of nitrogens with two attached hydrogens (primary N) is 1. The number of ether oxygens (including phenoxy) is 2. The van der Waals surface area contributed by atoms with Gasteiger partial charge in [-0.15, -0.1) is 0 Å². The lowest BCUT2D eigenvalue weighted by Gasteiger charge is -2.38. The Labute approximate surface area is 253 Å². The number of benzene rings is 1. The number of nitrogen functional groups attached to an aromatic ring is 1. The third kappa shape index (κ3) is 5.34. The van der Waals surface area contributed by atoms with Gasteiger partial charge in [0.25, 0.3) is 0 Å². The molecule has 2 fully saturated rings. The highest BCUT2D eigenvalue weighted by Gasteiger charge is 2.44. The second-order valence-electron chi connectivity index (χ2n) is 11.9. The molecular formula is C29H32F7N7O2. The normalized spacial score (nSPS) is 23.8. The Kier molecular flexibility index (Phi) is 7.86. The summed E-state index contributed by atoms with van der Waals surface area (Å²) in [5, 5.41) is 3.27. The van der Waals surface area contributed by atoms with E-state index in [0.717, 1.165) is 6.92 Å². The van der Waals surface area contributed by atoms with E-state index in [9.17, 15) is 26.3 Å². The Bertz CT molecular complexity index is 1640. The summed E-state index contributed by atoms with van der Waals surface area (Å²) in [4.78, 5) is 16.7. The lowest BCUT2D eigenvalue weighted by atomic mass is 9.93. The summed E-state index contributed by atoms with van der Waals surface area (Å²) < 4.78 is 113. The van der Waals surface area contributed by atoms with Crippen LogP contribution in [0.1, 0.15) is 37.3 Å². The molecule has 0 radical (unpaired) electrons. The minimum Gasteiger partial charge on any atom is -0.472 e. The average Bonchev–Trinajstić information content (AvgIpc) is 3.27. The van der Waals surface area contributed by atoms with E-state index < -0.39 is 75.9 Å². The largest absolute Gasteiger partial charge is 0.472 e. The predicted octanol–water partition coefficient (Wildman–Crippen LogP) is 4.94. The fraction of sp³-hybridized carbons (Fsp3) is 0.552. The Hall–Kier alpha value is -3.66. The molecular weight excluding hydrogens is 611 g/mol. The van der Waals surface area contributed by atoms with Crippen LogP contribution in [0.15, 0.2) is 6.07 Å². The monoisotopic (exact) mass is 643 g/mol. The molecule has 5 heterocycles. The maximum Gasteiger partial charge on any atom is 0.417 e. The van der Waals surface area contributed by atoms with E-state index in [0.29, 0.717) is 45.1 Å². The van der Waals surface area contributed by atoms with Crippen molar-refractivity contribution in [1.29, 1.82) is 0 Å². The summed E-state index contributed by atoms with van der Waals surface area (Å²) in [7, 11) is 1.72. The van der Waals surface area contributed by atoms with E-state index in [2.05, 4.69) is 20.3 Å². The fourth-order valence-electron chi connectivity index (χ4n) is 6.73. The number of rotatable bonds is 6. The summed E-state index contributed by atoms with van der Waals surface area (Å²) in [6.45, 7) is 4.39. The lowest BCUT2D eigenvalue weighted by molar-refractivity contribution is -0.137. The molecule has 0 bridgehead atoms. The molecule has 244 valence electrons. The number of likely N-dealkylation sites (tertiary alicyclic amines) is 1. The van der Waals surface area contributed by atoms with Crippen molar-refractivity contribution in [2.24, 2.45) is 0 Å². The Morgan fingerprint density at radius 1 is 1.18 bits per heavy atom. The second-order valence-corrected chi connectivity index (χ2v) is 11.9. The molecule has 3 aliphatic heterocycles. The van der Waals surface area contributed by atoms with Gasteiger partial charge in [0.15, 0.2) is 5.82 Å². The van der Waals surface area contributed by atoms with Gasteiger partial charge in [-0.05, 0) is 51.9 Å². The van der Waals surface area contributed by atoms with Crippen LogP contribution >= 0.6 is 0 Å². The van der Waals surface area contributed by atoms with Crippen molar-refractivity contribution in [2.75, 3.05) is 50.5 Å². The van der Waals surface area contributed by atoms with Crippen LogP contribution < -0.4 is 25.4 Å². The molecule has 0 saturated carbocycles. The number of hydrogen-bond donors (Lipinski definition) is 2. The minimum atomic E-state index is -5.09. The molecule has 16 heteroatoms. The number of anilines is 2. The van der Waals surface area contributed by atoms with Crippen LogP contribution in [0.4, 0.5) is 42.2 Å². The van der Waals surface area contributed by atoms with Gasteiger partial charge >= 0.3 is 12.2 Å². The molecule has 1 aromatic carbocycles. The van der Waals surface area contributed by atoms with Crippen molar-refractivity contribution in [3.63, 3.8) is 0 Å².